The number of benzene rings is 2. The van der Waals surface area contributed by atoms with Gasteiger partial charge in [0, 0.05) is 23.0 Å². The van der Waals surface area contributed by atoms with Gasteiger partial charge in [0.1, 0.15) is 11.5 Å². The Labute approximate surface area is 149 Å². The Morgan fingerprint density at radius 1 is 1.16 bits per heavy atom. The Hall–Kier alpha value is -2.99. The zero-order valence-corrected chi connectivity index (χ0v) is 14.2. The van der Waals surface area contributed by atoms with Gasteiger partial charge in [0.25, 0.3) is 5.91 Å². The number of carbonyl (C=O) groups excluding carboxylic acids is 1. The molecule has 0 saturated carbocycles. The molecule has 3 rings (SSSR count). The largest absolute Gasteiger partial charge is 0.497 e. The van der Waals surface area contributed by atoms with Gasteiger partial charge < -0.3 is 14.8 Å². The highest BCUT2D eigenvalue weighted by Gasteiger charge is 2.10. The first-order valence-corrected chi connectivity index (χ1v) is 7.89. The molecule has 0 aliphatic carbocycles. The molecular weight excluding hydrogens is 342 g/mol. The summed E-state index contributed by atoms with van der Waals surface area (Å²) in [4.78, 5) is 12.3. The van der Waals surface area contributed by atoms with Gasteiger partial charge in [-0.05, 0) is 36.4 Å². The minimum absolute atomic E-state index is 0.173. The number of nitrogens with one attached hydrogen (secondary N) is 1. The Kier molecular flexibility index (Phi) is 5.20. The number of hydrogen-bond acceptors (Lipinski definition) is 4. The minimum atomic E-state index is -0.310. The molecule has 2 aromatic carbocycles. The SMILES string of the molecule is COc1cccc(NC(=O)c2ccn(COc3cccc(Cl)c3)n2)c1. The van der Waals surface area contributed by atoms with Crippen LogP contribution in [0.3, 0.4) is 0 Å². The maximum atomic E-state index is 12.3. The van der Waals surface area contributed by atoms with Crippen molar-refractivity contribution in [1.29, 1.82) is 0 Å². The van der Waals surface area contributed by atoms with Crippen LogP contribution in [-0.4, -0.2) is 22.8 Å². The van der Waals surface area contributed by atoms with E-state index < -0.39 is 0 Å². The van der Waals surface area contributed by atoms with Crippen LogP contribution in [0, 0.1) is 0 Å². The molecule has 0 unspecified atom stereocenters. The molecule has 1 amide bonds. The van der Waals surface area contributed by atoms with Gasteiger partial charge in [-0.2, -0.15) is 5.10 Å². The fourth-order valence-electron chi connectivity index (χ4n) is 2.15. The van der Waals surface area contributed by atoms with Gasteiger partial charge >= 0.3 is 0 Å². The van der Waals surface area contributed by atoms with Crippen molar-refractivity contribution in [3.8, 4) is 11.5 Å². The first-order chi connectivity index (χ1) is 12.1. The molecule has 0 fully saturated rings. The number of amides is 1. The second-order valence-corrected chi connectivity index (χ2v) is 5.59. The normalized spacial score (nSPS) is 10.3. The molecule has 0 radical (unpaired) electrons. The number of methoxy groups -OCH3 is 1. The number of carbonyl (C=O) groups is 1. The summed E-state index contributed by atoms with van der Waals surface area (Å²) in [5, 5.41) is 7.57. The molecule has 25 heavy (non-hydrogen) atoms. The van der Waals surface area contributed by atoms with Crippen LogP contribution in [0.5, 0.6) is 11.5 Å². The number of nitrogens with zero attached hydrogens (tertiary/aromatic N) is 2. The molecule has 0 saturated heterocycles. The van der Waals surface area contributed by atoms with Crippen molar-refractivity contribution in [2.24, 2.45) is 0 Å². The van der Waals surface area contributed by atoms with Crippen molar-refractivity contribution in [2.45, 2.75) is 6.73 Å². The lowest BCUT2D eigenvalue weighted by atomic mass is 10.3. The number of aromatic nitrogens is 2. The molecule has 0 aliphatic heterocycles. The summed E-state index contributed by atoms with van der Waals surface area (Å²) < 4.78 is 12.2. The second-order valence-electron chi connectivity index (χ2n) is 5.16. The van der Waals surface area contributed by atoms with E-state index in [0.717, 1.165) is 0 Å². The predicted octanol–water partition coefficient (Wildman–Crippen LogP) is 3.83. The lowest BCUT2D eigenvalue weighted by molar-refractivity contribution is 0.102. The van der Waals surface area contributed by atoms with Crippen molar-refractivity contribution < 1.29 is 14.3 Å². The Balaban J connectivity index is 1.61. The summed E-state index contributed by atoms with van der Waals surface area (Å²) in [5.74, 6) is 0.985. The standard InChI is InChI=1S/C18H16ClN3O3/c1-24-15-6-3-5-14(11-15)20-18(23)17-8-9-22(21-17)12-25-16-7-2-4-13(19)10-16/h2-11H,12H2,1H3,(H,20,23). The maximum Gasteiger partial charge on any atom is 0.276 e. The van der Waals surface area contributed by atoms with Crippen LogP contribution in [0.2, 0.25) is 5.02 Å². The third kappa shape index (κ3) is 4.51. The highest BCUT2D eigenvalue weighted by atomic mass is 35.5. The fraction of sp³-hybridized carbons (Fsp3) is 0.111. The lowest BCUT2D eigenvalue weighted by Gasteiger charge is -2.07. The summed E-state index contributed by atoms with van der Waals surface area (Å²) >= 11 is 5.91. The van der Waals surface area contributed by atoms with Gasteiger partial charge in [-0.3, -0.25) is 4.79 Å². The van der Waals surface area contributed by atoms with Gasteiger partial charge in [0.05, 0.1) is 7.11 Å². The molecule has 0 aliphatic rings. The van der Waals surface area contributed by atoms with E-state index in [1.54, 1.807) is 67.9 Å². The Bertz CT molecular complexity index is 879. The number of anilines is 1. The summed E-state index contributed by atoms with van der Waals surface area (Å²) in [6.07, 6.45) is 1.67. The second kappa shape index (κ2) is 7.72. The number of halogens is 1. The summed E-state index contributed by atoms with van der Waals surface area (Å²) in [5.41, 5.74) is 0.923. The van der Waals surface area contributed by atoms with Crippen molar-refractivity contribution in [1.82, 2.24) is 9.78 Å². The topological polar surface area (TPSA) is 65.4 Å². The average molecular weight is 358 g/mol. The maximum absolute atomic E-state index is 12.3. The van der Waals surface area contributed by atoms with Crippen molar-refractivity contribution in [3.05, 3.63) is 71.5 Å². The van der Waals surface area contributed by atoms with Crippen LogP contribution in [0.15, 0.2) is 60.8 Å². The van der Waals surface area contributed by atoms with Gasteiger partial charge in [-0.25, -0.2) is 4.68 Å². The zero-order valence-electron chi connectivity index (χ0n) is 13.5. The zero-order chi connectivity index (χ0) is 17.6. The van der Waals surface area contributed by atoms with E-state index in [1.165, 1.54) is 4.68 Å². The fourth-order valence-corrected chi connectivity index (χ4v) is 2.33. The number of rotatable bonds is 6. The van der Waals surface area contributed by atoms with Crippen LogP contribution in [0.4, 0.5) is 5.69 Å². The van der Waals surface area contributed by atoms with Crippen LogP contribution in [-0.2, 0) is 6.73 Å². The summed E-state index contributed by atoms with van der Waals surface area (Å²) in [6, 6.07) is 15.8. The van der Waals surface area contributed by atoms with Crippen molar-refractivity contribution in [3.63, 3.8) is 0 Å². The molecule has 0 atom stereocenters. The molecule has 1 heterocycles. The van der Waals surface area contributed by atoms with E-state index in [-0.39, 0.29) is 18.3 Å². The molecule has 0 spiro atoms. The van der Waals surface area contributed by atoms with E-state index >= 15 is 0 Å². The number of ether oxygens (including phenoxy) is 2. The molecule has 7 heteroatoms. The first-order valence-electron chi connectivity index (χ1n) is 7.51. The highest BCUT2D eigenvalue weighted by Crippen LogP contribution is 2.18. The molecule has 128 valence electrons. The van der Waals surface area contributed by atoms with E-state index in [1.807, 2.05) is 0 Å². The van der Waals surface area contributed by atoms with Crippen molar-refractivity contribution in [2.75, 3.05) is 12.4 Å². The molecule has 6 nitrogen and oxygen atoms in total. The molecule has 1 N–H and O–H groups in total. The highest BCUT2D eigenvalue weighted by molar-refractivity contribution is 6.30. The predicted molar refractivity (Wildman–Crippen MR) is 95.3 cm³/mol. The Morgan fingerprint density at radius 2 is 1.96 bits per heavy atom. The quantitative estimate of drug-likeness (QED) is 0.728. The minimum Gasteiger partial charge on any atom is -0.497 e. The molecule has 0 bridgehead atoms. The number of hydrogen-bond donors (Lipinski definition) is 1. The van der Waals surface area contributed by atoms with Gasteiger partial charge in [0.15, 0.2) is 12.4 Å². The first kappa shape index (κ1) is 16.9. The van der Waals surface area contributed by atoms with Crippen LogP contribution in [0.1, 0.15) is 10.5 Å². The third-order valence-electron chi connectivity index (χ3n) is 3.36. The van der Waals surface area contributed by atoms with E-state index in [2.05, 4.69) is 10.4 Å². The van der Waals surface area contributed by atoms with Crippen molar-refractivity contribution >= 4 is 23.2 Å². The molecule has 3 aromatic rings. The Morgan fingerprint density at radius 3 is 2.76 bits per heavy atom. The van der Waals surface area contributed by atoms with E-state index in [4.69, 9.17) is 21.1 Å². The monoisotopic (exact) mass is 357 g/mol. The van der Waals surface area contributed by atoms with Crippen LogP contribution in [0.25, 0.3) is 0 Å². The van der Waals surface area contributed by atoms with Gasteiger partial charge in [-0.15, -0.1) is 0 Å². The lowest BCUT2D eigenvalue weighted by Crippen LogP contribution is -2.14. The molecule has 1 aromatic heterocycles. The average Bonchev–Trinajstić information content (AvgIpc) is 3.09. The summed E-state index contributed by atoms with van der Waals surface area (Å²) in [6.45, 7) is 0.173. The smallest absolute Gasteiger partial charge is 0.276 e. The summed E-state index contributed by atoms with van der Waals surface area (Å²) in [7, 11) is 1.57. The van der Waals surface area contributed by atoms with E-state index in [9.17, 15) is 4.79 Å². The van der Waals surface area contributed by atoms with Crippen LogP contribution >= 0.6 is 11.6 Å². The van der Waals surface area contributed by atoms with E-state index in [0.29, 0.717) is 22.2 Å². The third-order valence-corrected chi connectivity index (χ3v) is 3.60. The molecular formula is C18H16ClN3O3. The van der Waals surface area contributed by atoms with Gasteiger partial charge in [0.2, 0.25) is 0 Å². The van der Waals surface area contributed by atoms with Gasteiger partial charge in [-0.1, -0.05) is 23.7 Å². The van der Waals surface area contributed by atoms with Crippen LogP contribution < -0.4 is 14.8 Å².